The molecule has 1 aliphatic rings. The zero-order valence-electron chi connectivity index (χ0n) is 25.2. The van der Waals surface area contributed by atoms with Crippen LogP contribution in [0.15, 0.2) is 9.79 Å². The van der Waals surface area contributed by atoms with Gasteiger partial charge in [0, 0.05) is 46.0 Å². The summed E-state index contributed by atoms with van der Waals surface area (Å²) >= 11 is 0. The zero-order valence-corrected chi connectivity index (χ0v) is 26.8. The first-order valence-corrected chi connectivity index (χ1v) is 16.9. The van der Waals surface area contributed by atoms with Crippen LogP contribution in [-0.2, 0) is 42.7 Å². The Morgan fingerprint density at radius 2 is 1.00 bits per heavy atom. The van der Waals surface area contributed by atoms with Crippen LogP contribution in [0.1, 0.15) is 69.0 Å². The highest BCUT2D eigenvalue weighted by Gasteiger charge is 2.25. The third-order valence-electron chi connectivity index (χ3n) is 8.27. The van der Waals surface area contributed by atoms with E-state index in [0.717, 1.165) is 0 Å². The minimum Gasteiger partial charge on any atom is -0.481 e. The molecule has 5 rings (SSSR count). The standard InChI is InChI=1S/C30H32N4O10S2/c1-13-17(5-7-27(35)36)23-12-24-18(6-8-28(37)38)14(2)20(32-24)10-25-30(46(42,43)44)16(4)22(34-25)11-26-29(45(39,40)41)15(3)21(33-26)9-19(13)31-23/h9-12,31-34H,5-8H2,1-4H3,(H,35,36)(H,37,38)(H,39,40,41)(H,42,43,44)/b19-9-,20-10?,21-9?,22-11-,23-12-,24-12?,25-10-,26-11?. The lowest BCUT2D eigenvalue weighted by Crippen LogP contribution is -2.15. The number of carboxylic acid groups (broad SMARTS) is 2. The summed E-state index contributed by atoms with van der Waals surface area (Å²) in [5.41, 5.74) is 3.94. The molecular weight excluding hydrogens is 640 g/mol. The summed E-state index contributed by atoms with van der Waals surface area (Å²) in [4.78, 5) is 34.6. The van der Waals surface area contributed by atoms with Crippen LogP contribution in [0.25, 0.3) is 24.3 Å². The molecule has 8 bridgehead atoms. The highest BCUT2D eigenvalue weighted by atomic mass is 32.2. The third-order valence-corrected chi connectivity index (χ3v) is 10.4. The Hall–Kier alpha value is -4.64. The maximum atomic E-state index is 12.6. The van der Waals surface area contributed by atoms with E-state index in [0.29, 0.717) is 44.3 Å². The lowest BCUT2D eigenvalue weighted by molar-refractivity contribution is -0.138. The molecule has 5 heterocycles. The fourth-order valence-electron chi connectivity index (χ4n) is 5.97. The number of carbonyl (C=O) groups is 2. The molecule has 1 aliphatic heterocycles. The third kappa shape index (κ3) is 6.11. The van der Waals surface area contributed by atoms with Crippen molar-refractivity contribution >= 4 is 56.5 Å². The Morgan fingerprint density at radius 3 is 1.59 bits per heavy atom. The van der Waals surface area contributed by atoms with Crippen LogP contribution in [0.4, 0.5) is 0 Å². The van der Waals surface area contributed by atoms with E-state index in [4.69, 9.17) is 0 Å². The molecule has 244 valence electrons. The van der Waals surface area contributed by atoms with Gasteiger partial charge in [0.25, 0.3) is 20.2 Å². The molecule has 0 fully saturated rings. The van der Waals surface area contributed by atoms with Crippen molar-refractivity contribution in [3.05, 3.63) is 77.6 Å². The number of rotatable bonds is 8. The highest BCUT2D eigenvalue weighted by molar-refractivity contribution is 7.86. The first-order chi connectivity index (χ1) is 21.4. The van der Waals surface area contributed by atoms with Gasteiger partial charge in [-0.3, -0.25) is 18.7 Å². The van der Waals surface area contributed by atoms with E-state index in [9.17, 15) is 45.7 Å². The van der Waals surface area contributed by atoms with E-state index >= 15 is 0 Å². The van der Waals surface area contributed by atoms with E-state index in [1.807, 2.05) is 0 Å². The van der Waals surface area contributed by atoms with Crippen molar-refractivity contribution in [3.8, 4) is 0 Å². The summed E-state index contributed by atoms with van der Waals surface area (Å²) in [6.45, 7) is 6.42. The number of aromatic amines is 4. The number of fused-ring (bicyclic) bond motifs is 8. The van der Waals surface area contributed by atoms with Gasteiger partial charge in [-0.15, -0.1) is 0 Å². The van der Waals surface area contributed by atoms with E-state index in [1.54, 1.807) is 26.0 Å². The number of carboxylic acids is 2. The van der Waals surface area contributed by atoms with Crippen molar-refractivity contribution < 1.29 is 45.7 Å². The van der Waals surface area contributed by atoms with E-state index in [1.165, 1.54) is 26.0 Å². The summed E-state index contributed by atoms with van der Waals surface area (Å²) in [5, 5.41) is 20.0. The Bertz CT molecular complexity index is 2420. The van der Waals surface area contributed by atoms with Crippen molar-refractivity contribution in [2.75, 3.05) is 0 Å². The van der Waals surface area contributed by atoms with Crippen molar-refractivity contribution in [1.82, 2.24) is 19.9 Å². The monoisotopic (exact) mass is 672 g/mol. The van der Waals surface area contributed by atoms with Gasteiger partial charge >= 0.3 is 11.9 Å². The molecule has 16 heteroatoms. The van der Waals surface area contributed by atoms with Gasteiger partial charge in [0.15, 0.2) is 0 Å². The molecule has 4 aromatic heterocycles. The molecule has 4 aromatic rings. The Kier molecular flexibility index (Phi) is 8.27. The van der Waals surface area contributed by atoms with Crippen molar-refractivity contribution in [2.45, 2.75) is 63.2 Å². The van der Waals surface area contributed by atoms with Gasteiger partial charge in [-0.2, -0.15) is 16.8 Å². The molecule has 0 aliphatic carbocycles. The SMILES string of the molecule is Cc1c2[nH]c(c1CCC(=O)O)/C=c1\[nH]/c(c(C)c1CCC(=O)O)=C\c1[nH]c(c(S(=O)(=O)O)c1C)/C=c1\[nH]/c(c(S(=O)(=O)O)c1C)=C\2. The second-order valence-corrected chi connectivity index (χ2v) is 14.0. The minimum atomic E-state index is -4.81. The predicted molar refractivity (Wildman–Crippen MR) is 166 cm³/mol. The van der Waals surface area contributed by atoms with Crippen molar-refractivity contribution in [3.63, 3.8) is 0 Å². The molecule has 0 aromatic carbocycles. The van der Waals surface area contributed by atoms with Crippen molar-refractivity contribution in [2.24, 2.45) is 0 Å². The molecule has 0 saturated heterocycles. The van der Waals surface area contributed by atoms with Gasteiger partial charge < -0.3 is 30.1 Å². The van der Waals surface area contributed by atoms with Crippen LogP contribution in [0.3, 0.4) is 0 Å². The number of nitrogens with one attached hydrogen (secondary N) is 4. The maximum absolute atomic E-state index is 12.6. The van der Waals surface area contributed by atoms with E-state index in [2.05, 4.69) is 19.9 Å². The molecule has 8 N–H and O–H groups in total. The van der Waals surface area contributed by atoms with Crippen LogP contribution in [0.2, 0.25) is 0 Å². The number of aromatic nitrogens is 4. The summed E-state index contributed by atoms with van der Waals surface area (Å²) in [6, 6.07) is 0. The van der Waals surface area contributed by atoms with Crippen molar-refractivity contribution in [1.29, 1.82) is 0 Å². The van der Waals surface area contributed by atoms with Gasteiger partial charge in [-0.05, 0) is 98.2 Å². The largest absolute Gasteiger partial charge is 0.481 e. The first-order valence-electron chi connectivity index (χ1n) is 14.0. The molecule has 0 amide bonds. The van der Waals surface area contributed by atoms with E-state index in [-0.39, 0.29) is 58.9 Å². The van der Waals surface area contributed by atoms with Crippen LogP contribution < -0.4 is 21.4 Å². The van der Waals surface area contributed by atoms with Gasteiger partial charge in [-0.1, -0.05) is 0 Å². The van der Waals surface area contributed by atoms with E-state index < -0.39 is 42.0 Å². The summed E-state index contributed by atoms with van der Waals surface area (Å²) in [7, 11) is -9.60. The number of aliphatic carboxylic acids is 2. The molecular formula is C30H32N4O10S2. The lowest BCUT2D eigenvalue weighted by atomic mass is 10.0. The molecule has 0 radical (unpaired) electrons. The molecule has 0 atom stereocenters. The summed E-state index contributed by atoms with van der Waals surface area (Å²) < 4.78 is 70.6. The zero-order chi connectivity index (χ0) is 33.9. The molecule has 0 unspecified atom stereocenters. The van der Waals surface area contributed by atoms with Gasteiger partial charge in [0.05, 0.1) is 11.0 Å². The number of hydrogen-bond acceptors (Lipinski definition) is 6. The number of H-pyrrole nitrogens is 4. The highest BCUT2D eigenvalue weighted by Crippen LogP contribution is 2.26. The van der Waals surface area contributed by atoms with Crippen LogP contribution in [-0.4, -0.2) is 68.0 Å². The second kappa shape index (κ2) is 11.6. The smallest absolute Gasteiger partial charge is 0.303 e. The van der Waals surface area contributed by atoms with Gasteiger partial charge in [0.1, 0.15) is 9.79 Å². The average molecular weight is 673 g/mol. The van der Waals surface area contributed by atoms with Gasteiger partial charge in [0.2, 0.25) is 0 Å². The number of hydrogen-bond donors (Lipinski definition) is 8. The molecule has 14 nitrogen and oxygen atoms in total. The summed E-state index contributed by atoms with van der Waals surface area (Å²) in [5.74, 6) is -2.04. The first kappa shape index (κ1) is 32.7. The normalized spacial score (nSPS) is 16.0. The summed E-state index contributed by atoms with van der Waals surface area (Å²) in [6.07, 6.45) is 5.96. The quantitative estimate of drug-likeness (QED) is 0.105. The van der Waals surface area contributed by atoms with Crippen LogP contribution >= 0.6 is 0 Å². The maximum Gasteiger partial charge on any atom is 0.303 e. The second-order valence-electron chi connectivity index (χ2n) is 11.2. The van der Waals surface area contributed by atoms with Crippen LogP contribution in [0.5, 0.6) is 0 Å². The predicted octanol–water partition coefficient (Wildman–Crippen LogP) is 0.389. The lowest BCUT2D eigenvalue weighted by Gasteiger charge is -2.01. The average Bonchev–Trinajstić information content (AvgIpc) is 3.59. The fourth-order valence-corrected chi connectivity index (χ4v) is 7.74. The topological polar surface area (TPSA) is 246 Å². The molecule has 46 heavy (non-hydrogen) atoms. The molecule has 0 saturated carbocycles. The Morgan fingerprint density at radius 1 is 0.543 bits per heavy atom. The minimum absolute atomic E-state index is 0.0392. The Balaban J connectivity index is 1.99. The van der Waals surface area contributed by atoms with Gasteiger partial charge in [-0.25, -0.2) is 0 Å². The van der Waals surface area contributed by atoms with Crippen LogP contribution in [0, 0.1) is 27.7 Å². The Labute approximate surface area is 262 Å². The molecule has 0 spiro atoms. The fraction of sp³-hybridized carbons (Fsp3) is 0.267.